The molecule has 100 valence electrons. The molecule has 3 rings (SSSR count). The largest absolute Gasteiger partial charge is 0.399 e. The van der Waals surface area contributed by atoms with Gasteiger partial charge >= 0.3 is 0 Å². The predicted molar refractivity (Wildman–Crippen MR) is 77.2 cm³/mol. The van der Waals surface area contributed by atoms with Crippen LogP contribution in [-0.2, 0) is 0 Å². The molecular weight excluding hydrogens is 325 g/mol. The lowest BCUT2D eigenvalue weighted by molar-refractivity contribution is 0.432. The van der Waals surface area contributed by atoms with E-state index in [1.165, 1.54) is 6.07 Å². The molecule has 0 spiro atoms. The molecule has 6 heteroatoms. The van der Waals surface area contributed by atoms with Gasteiger partial charge in [-0.25, -0.2) is 4.39 Å². The van der Waals surface area contributed by atoms with E-state index in [2.05, 4.69) is 26.1 Å². The lowest BCUT2D eigenvalue weighted by Crippen LogP contribution is -1.85. The summed E-state index contributed by atoms with van der Waals surface area (Å²) in [5.74, 6) is 0.321. The van der Waals surface area contributed by atoms with E-state index in [0.29, 0.717) is 21.5 Å². The highest BCUT2D eigenvalue weighted by atomic mass is 79.9. The lowest BCUT2D eigenvalue weighted by atomic mass is 10.2. The number of anilines is 1. The van der Waals surface area contributed by atoms with E-state index in [4.69, 9.17) is 10.3 Å². The van der Waals surface area contributed by atoms with Crippen LogP contribution in [0.3, 0.4) is 0 Å². The maximum atomic E-state index is 13.5. The molecule has 4 nitrogen and oxygen atoms in total. The predicted octanol–water partition coefficient (Wildman–Crippen LogP) is 3.89. The fourth-order valence-electron chi connectivity index (χ4n) is 1.72. The van der Waals surface area contributed by atoms with Crippen LogP contribution in [-0.4, -0.2) is 10.1 Å². The molecule has 2 N–H and O–H groups in total. The van der Waals surface area contributed by atoms with Crippen LogP contribution < -0.4 is 5.73 Å². The zero-order valence-corrected chi connectivity index (χ0v) is 11.8. The summed E-state index contributed by atoms with van der Waals surface area (Å²) in [5, 5.41) is 3.88. The molecule has 0 amide bonds. The zero-order chi connectivity index (χ0) is 14.1. The summed E-state index contributed by atoms with van der Waals surface area (Å²) in [6.07, 6.45) is 0. The maximum absolute atomic E-state index is 13.5. The van der Waals surface area contributed by atoms with Crippen LogP contribution in [0.2, 0.25) is 0 Å². The molecule has 0 saturated heterocycles. The van der Waals surface area contributed by atoms with Crippen molar-refractivity contribution in [2.45, 2.75) is 0 Å². The van der Waals surface area contributed by atoms with Crippen molar-refractivity contribution < 1.29 is 8.91 Å². The summed E-state index contributed by atoms with van der Waals surface area (Å²) < 4.78 is 19.0. The summed E-state index contributed by atoms with van der Waals surface area (Å²) in [4.78, 5) is 4.25. The van der Waals surface area contributed by atoms with Crippen molar-refractivity contribution in [2.75, 3.05) is 5.73 Å². The topological polar surface area (TPSA) is 64.9 Å². The van der Waals surface area contributed by atoms with Crippen molar-refractivity contribution in [3.05, 3.63) is 52.8 Å². The van der Waals surface area contributed by atoms with Gasteiger partial charge in [-0.05, 0) is 58.4 Å². The van der Waals surface area contributed by atoms with Gasteiger partial charge in [-0.1, -0.05) is 5.16 Å². The van der Waals surface area contributed by atoms with E-state index < -0.39 is 0 Å². The van der Waals surface area contributed by atoms with Crippen LogP contribution >= 0.6 is 15.9 Å². The number of aromatic nitrogens is 2. The van der Waals surface area contributed by atoms with Crippen LogP contribution in [0.15, 0.2) is 51.5 Å². The van der Waals surface area contributed by atoms with Gasteiger partial charge in [0.05, 0.1) is 4.47 Å². The third kappa shape index (κ3) is 2.42. The van der Waals surface area contributed by atoms with Crippen LogP contribution in [0.5, 0.6) is 0 Å². The first kappa shape index (κ1) is 12.8. The minimum absolute atomic E-state index is 0.267. The van der Waals surface area contributed by atoms with E-state index in [0.717, 1.165) is 5.56 Å². The van der Waals surface area contributed by atoms with Crippen molar-refractivity contribution in [2.24, 2.45) is 0 Å². The van der Waals surface area contributed by atoms with Crippen molar-refractivity contribution in [1.82, 2.24) is 10.1 Å². The van der Waals surface area contributed by atoms with Gasteiger partial charge in [-0.15, -0.1) is 0 Å². The molecule has 20 heavy (non-hydrogen) atoms. The number of nitrogens with two attached hydrogens (primary N) is 1. The second kappa shape index (κ2) is 5.05. The molecule has 1 heterocycles. The Kier molecular flexibility index (Phi) is 3.23. The van der Waals surface area contributed by atoms with E-state index in [-0.39, 0.29) is 11.7 Å². The Hall–Kier alpha value is -2.21. The van der Waals surface area contributed by atoms with E-state index in [9.17, 15) is 4.39 Å². The Morgan fingerprint density at radius 2 is 1.75 bits per heavy atom. The second-order valence-electron chi connectivity index (χ2n) is 4.17. The Balaban J connectivity index is 1.97. The third-order valence-electron chi connectivity index (χ3n) is 2.76. The Labute approximate surface area is 122 Å². The fourth-order valence-corrected chi connectivity index (χ4v) is 1.97. The number of halogens is 2. The van der Waals surface area contributed by atoms with Gasteiger partial charge in [0, 0.05) is 16.8 Å². The molecule has 0 aliphatic rings. The third-order valence-corrected chi connectivity index (χ3v) is 3.40. The molecule has 0 unspecified atom stereocenters. The summed E-state index contributed by atoms with van der Waals surface area (Å²) in [7, 11) is 0. The Morgan fingerprint density at radius 3 is 2.45 bits per heavy atom. The van der Waals surface area contributed by atoms with Gasteiger partial charge in [0.2, 0.25) is 5.82 Å². The minimum atomic E-state index is -0.380. The first-order valence-corrected chi connectivity index (χ1v) is 6.58. The number of nitrogens with zero attached hydrogens (tertiary/aromatic N) is 2. The molecule has 0 atom stereocenters. The molecule has 0 aliphatic carbocycles. The Bertz CT molecular complexity index is 755. The van der Waals surface area contributed by atoms with Gasteiger partial charge in [0.25, 0.3) is 5.89 Å². The van der Waals surface area contributed by atoms with Crippen LogP contribution in [0.4, 0.5) is 10.1 Å². The van der Waals surface area contributed by atoms with E-state index in [1.54, 1.807) is 36.4 Å². The number of hydrogen-bond donors (Lipinski definition) is 1. The molecule has 0 bridgehead atoms. The molecule has 3 aromatic rings. The van der Waals surface area contributed by atoms with Gasteiger partial charge in [-0.2, -0.15) is 4.98 Å². The van der Waals surface area contributed by atoms with Crippen LogP contribution in [0, 0.1) is 5.82 Å². The molecule has 0 fully saturated rings. The number of hydrogen-bond acceptors (Lipinski definition) is 4. The standard InChI is InChI=1S/C14H9BrFN3O/c15-11-6-3-9(7-12(11)16)14-18-13(19-20-14)8-1-4-10(17)5-2-8/h1-7H,17H2. The van der Waals surface area contributed by atoms with Gasteiger partial charge in [-0.3, -0.25) is 0 Å². The van der Waals surface area contributed by atoms with E-state index in [1.807, 2.05) is 0 Å². The first-order chi connectivity index (χ1) is 9.63. The van der Waals surface area contributed by atoms with Gasteiger partial charge in [0.15, 0.2) is 0 Å². The average Bonchev–Trinajstić information content (AvgIpc) is 2.92. The monoisotopic (exact) mass is 333 g/mol. The highest BCUT2D eigenvalue weighted by molar-refractivity contribution is 9.10. The van der Waals surface area contributed by atoms with Gasteiger partial charge in [0.1, 0.15) is 5.82 Å². The van der Waals surface area contributed by atoms with E-state index >= 15 is 0 Å². The first-order valence-electron chi connectivity index (χ1n) is 5.78. The number of benzene rings is 2. The van der Waals surface area contributed by atoms with Crippen LogP contribution in [0.25, 0.3) is 22.8 Å². The lowest BCUT2D eigenvalue weighted by Gasteiger charge is -1.96. The molecule has 1 aromatic heterocycles. The molecule has 2 aromatic carbocycles. The van der Waals surface area contributed by atoms with Gasteiger partial charge < -0.3 is 10.3 Å². The summed E-state index contributed by atoms with van der Waals surface area (Å²) in [5.41, 5.74) is 7.59. The maximum Gasteiger partial charge on any atom is 0.258 e. The summed E-state index contributed by atoms with van der Waals surface area (Å²) in [6, 6.07) is 11.7. The fraction of sp³-hybridized carbons (Fsp3) is 0. The quantitative estimate of drug-likeness (QED) is 0.722. The minimum Gasteiger partial charge on any atom is -0.399 e. The normalized spacial score (nSPS) is 10.7. The van der Waals surface area contributed by atoms with Crippen molar-refractivity contribution in [3.63, 3.8) is 0 Å². The van der Waals surface area contributed by atoms with Crippen LogP contribution in [0.1, 0.15) is 0 Å². The molecule has 0 aliphatic heterocycles. The van der Waals surface area contributed by atoms with Crippen molar-refractivity contribution >= 4 is 21.6 Å². The molecular formula is C14H9BrFN3O. The number of nitrogen functional groups attached to an aromatic ring is 1. The van der Waals surface area contributed by atoms with Crippen molar-refractivity contribution in [1.29, 1.82) is 0 Å². The molecule has 0 saturated carbocycles. The highest BCUT2D eigenvalue weighted by Gasteiger charge is 2.12. The highest BCUT2D eigenvalue weighted by Crippen LogP contribution is 2.25. The Morgan fingerprint density at radius 1 is 1.05 bits per heavy atom. The van der Waals surface area contributed by atoms with Crippen molar-refractivity contribution in [3.8, 4) is 22.8 Å². The SMILES string of the molecule is Nc1ccc(-c2noc(-c3ccc(Br)c(F)c3)n2)cc1. The second-order valence-corrected chi connectivity index (χ2v) is 5.03. The summed E-state index contributed by atoms with van der Waals surface area (Å²) >= 11 is 3.10. The number of rotatable bonds is 2. The molecule has 0 radical (unpaired) electrons. The summed E-state index contributed by atoms with van der Waals surface area (Å²) in [6.45, 7) is 0. The smallest absolute Gasteiger partial charge is 0.258 e. The zero-order valence-electron chi connectivity index (χ0n) is 10.2. The average molecular weight is 334 g/mol.